The van der Waals surface area contributed by atoms with E-state index < -0.39 is 0 Å². The lowest BCUT2D eigenvalue weighted by atomic mass is 10.3. The summed E-state index contributed by atoms with van der Waals surface area (Å²) in [5.41, 5.74) is 0.404. The number of imidazole rings is 1. The lowest BCUT2D eigenvalue weighted by molar-refractivity contribution is 0.0949. The minimum atomic E-state index is -0.182. The molecule has 2 rings (SSSR count). The number of carbonyl (C=O) groups excluding carboxylic acids is 1. The lowest BCUT2D eigenvalue weighted by Gasteiger charge is -2.05. The van der Waals surface area contributed by atoms with E-state index in [9.17, 15) is 4.79 Å². The number of nitrogens with zero attached hydrogens (tertiary/aromatic N) is 2. The second-order valence-corrected chi connectivity index (χ2v) is 3.70. The number of rotatable bonds is 5. The molecule has 0 spiro atoms. The molecule has 0 aliphatic carbocycles. The molecule has 0 aliphatic heterocycles. The summed E-state index contributed by atoms with van der Waals surface area (Å²) in [7, 11) is 1.76. The van der Waals surface area contributed by atoms with Crippen LogP contribution in [0.3, 0.4) is 0 Å². The number of hydrogen-bond donors (Lipinski definition) is 3. The topological polar surface area (TPSA) is 82.7 Å². The maximum absolute atomic E-state index is 11.8. The molecule has 0 radical (unpaired) electrons. The van der Waals surface area contributed by atoms with Gasteiger partial charge < -0.3 is 15.6 Å². The minimum absolute atomic E-state index is 0.182. The molecular formula is C12H15N5O. The SMILES string of the molecule is CNc1cccc(C(=O)NCCc2ncc[nH]2)n1. The molecule has 18 heavy (non-hydrogen) atoms. The minimum Gasteiger partial charge on any atom is -0.373 e. The van der Waals surface area contributed by atoms with Gasteiger partial charge in [-0.05, 0) is 12.1 Å². The highest BCUT2D eigenvalue weighted by molar-refractivity contribution is 5.92. The van der Waals surface area contributed by atoms with Gasteiger partial charge in [0.15, 0.2) is 0 Å². The van der Waals surface area contributed by atoms with E-state index in [-0.39, 0.29) is 5.91 Å². The Labute approximate surface area is 105 Å². The zero-order valence-corrected chi connectivity index (χ0v) is 10.1. The third-order valence-corrected chi connectivity index (χ3v) is 2.44. The van der Waals surface area contributed by atoms with Crippen LogP contribution in [-0.4, -0.2) is 34.5 Å². The fourth-order valence-corrected chi connectivity index (χ4v) is 1.52. The molecule has 0 saturated heterocycles. The van der Waals surface area contributed by atoms with Crippen molar-refractivity contribution in [1.29, 1.82) is 0 Å². The van der Waals surface area contributed by atoms with Gasteiger partial charge in [-0.3, -0.25) is 4.79 Å². The lowest BCUT2D eigenvalue weighted by Crippen LogP contribution is -2.26. The molecule has 2 aromatic heterocycles. The van der Waals surface area contributed by atoms with E-state index in [2.05, 4.69) is 25.6 Å². The van der Waals surface area contributed by atoms with Crippen molar-refractivity contribution >= 4 is 11.7 Å². The van der Waals surface area contributed by atoms with Crippen LogP contribution in [0.2, 0.25) is 0 Å². The van der Waals surface area contributed by atoms with Crippen LogP contribution >= 0.6 is 0 Å². The molecule has 94 valence electrons. The molecule has 0 bridgehead atoms. The van der Waals surface area contributed by atoms with E-state index >= 15 is 0 Å². The molecule has 6 nitrogen and oxygen atoms in total. The Morgan fingerprint density at radius 2 is 2.33 bits per heavy atom. The normalized spacial score (nSPS) is 10.1. The maximum atomic E-state index is 11.8. The quantitative estimate of drug-likeness (QED) is 0.728. The van der Waals surface area contributed by atoms with Crippen molar-refractivity contribution in [2.24, 2.45) is 0 Å². The summed E-state index contributed by atoms with van der Waals surface area (Å²) in [4.78, 5) is 23.0. The van der Waals surface area contributed by atoms with Crippen molar-refractivity contribution in [1.82, 2.24) is 20.3 Å². The molecule has 0 fully saturated rings. The average Bonchev–Trinajstić information content (AvgIpc) is 2.92. The summed E-state index contributed by atoms with van der Waals surface area (Å²) in [6.45, 7) is 0.526. The van der Waals surface area contributed by atoms with Gasteiger partial charge in [0.05, 0.1) is 0 Å². The number of hydrogen-bond acceptors (Lipinski definition) is 4. The predicted octanol–water partition coefficient (Wildman–Crippen LogP) is 0.819. The average molecular weight is 245 g/mol. The largest absolute Gasteiger partial charge is 0.373 e. The number of H-pyrrole nitrogens is 1. The number of pyridine rings is 1. The Bertz CT molecular complexity index is 509. The van der Waals surface area contributed by atoms with E-state index in [0.717, 1.165) is 5.82 Å². The second-order valence-electron chi connectivity index (χ2n) is 3.70. The number of aromatic nitrogens is 3. The molecule has 0 atom stereocenters. The van der Waals surface area contributed by atoms with E-state index in [1.807, 2.05) is 0 Å². The van der Waals surface area contributed by atoms with E-state index in [0.29, 0.717) is 24.5 Å². The van der Waals surface area contributed by atoms with Crippen LogP contribution in [0, 0.1) is 0 Å². The van der Waals surface area contributed by atoms with E-state index in [4.69, 9.17) is 0 Å². The first-order valence-corrected chi connectivity index (χ1v) is 5.71. The Kier molecular flexibility index (Phi) is 3.90. The van der Waals surface area contributed by atoms with Gasteiger partial charge in [-0.2, -0.15) is 0 Å². The third kappa shape index (κ3) is 3.07. The summed E-state index contributed by atoms with van der Waals surface area (Å²) in [5, 5.41) is 5.69. The van der Waals surface area contributed by atoms with Gasteiger partial charge in [0, 0.05) is 32.4 Å². The standard InChI is InChI=1S/C12H15N5O/c1-13-10-4-2-3-9(17-10)12(18)16-6-5-11-14-7-8-15-11/h2-4,7-8H,5-6H2,1H3,(H,13,17)(H,14,15)(H,16,18). The zero-order valence-electron chi connectivity index (χ0n) is 10.1. The van der Waals surface area contributed by atoms with Crippen molar-refractivity contribution in [3.63, 3.8) is 0 Å². The van der Waals surface area contributed by atoms with Crippen LogP contribution in [-0.2, 0) is 6.42 Å². The second kappa shape index (κ2) is 5.81. The van der Waals surface area contributed by atoms with Crippen LogP contribution in [0.25, 0.3) is 0 Å². The highest BCUT2D eigenvalue weighted by Gasteiger charge is 2.07. The van der Waals surface area contributed by atoms with E-state index in [1.54, 1.807) is 37.6 Å². The van der Waals surface area contributed by atoms with Crippen LogP contribution in [0.4, 0.5) is 5.82 Å². The Morgan fingerprint density at radius 1 is 1.44 bits per heavy atom. The van der Waals surface area contributed by atoms with Crippen LogP contribution in [0.1, 0.15) is 16.3 Å². The van der Waals surface area contributed by atoms with Gasteiger partial charge in [0.1, 0.15) is 17.3 Å². The fourth-order valence-electron chi connectivity index (χ4n) is 1.52. The summed E-state index contributed by atoms with van der Waals surface area (Å²) in [6.07, 6.45) is 4.12. The van der Waals surface area contributed by atoms with Crippen molar-refractivity contribution in [2.75, 3.05) is 18.9 Å². The first-order valence-electron chi connectivity index (χ1n) is 5.71. The van der Waals surface area contributed by atoms with Gasteiger partial charge in [-0.25, -0.2) is 9.97 Å². The molecule has 0 aromatic carbocycles. The summed E-state index contributed by atoms with van der Waals surface area (Å²) < 4.78 is 0. The Hall–Kier alpha value is -2.37. The highest BCUT2D eigenvalue weighted by atomic mass is 16.1. The summed E-state index contributed by atoms with van der Waals surface area (Å²) in [6, 6.07) is 5.28. The molecule has 2 heterocycles. The smallest absolute Gasteiger partial charge is 0.269 e. The molecule has 0 unspecified atom stereocenters. The number of nitrogens with one attached hydrogen (secondary N) is 3. The summed E-state index contributed by atoms with van der Waals surface area (Å²) >= 11 is 0. The monoisotopic (exact) mass is 245 g/mol. The van der Waals surface area contributed by atoms with Crippen LogP contribution < -0.4 is 10.6 Å². The molecule has 2 aromatic rings. The number of amides is 1. The maximum Gasteiger partial charge on any atom is 0.269 e. The van der Waals surface area contributed by atoms with Crippen molar-refractivity contribution in [2.45, 2.75) is 6.42 Å². The van der Waals surface area contributed by atoms with Gasteiger partial charge >= 0.3 is 0 Å². The molecule has 0 aliphatic rings. The summed E-state index contributed by atoms with van der Waals surface area (Å²) in [5.74, 6) is 1.35. The van der Waals surface area contributed by atoms with E-state index in [1.165, 1.54) is 0 Å². The Morgan fingerprint density at radius 3 is 3.06 bits per heavy atom. The fraction of sp³-hybridized carbons (Fsp3) is 0.250. The van der Waals surface area contributed by atoms with Crippen molar-refractivity contribution in [3.8, 4) is 0 Å². The van der Waals surface area contributed by atoms with Crippen LogP contribution in [0.15, 0.2) is 30.6 Å². The van der Waals surface area contributed by atoms with Crippen molar-refractivity contribution < 1.29 is 4.79 Å². The number of anilines is 1. The van der Waals surface area contributed by atoms with Gasteiger partial charge in [-0.1, -0.05) is 6.07 Å². The van der Waals surface area contributed by atoms with Gasteiger partial charge in [-0.15, -0.1) is 0 Å². The Balaban J connectivity index is 1.87. The first kappa shape index (κ1) is 12.1. The van der Waals surface area contributed by atoms with Gasteiger partial charge in [0.2, 0.25) is 0 Å². The number of aromatic amines is 1. The molecule has 3 N–H and O–H groups in total. The molecule has 0 saturated carbocycles. The highest BCUT2D eigenvalue weighted by Crippen LogP contribution is 2.03. The number of carbonyl (C=O) groups is 1. The molecule has 6 heteroatoms. The zero-order chi connectivity index (χ0) is 12.8. The first-order chi connectivity index (χ1) is 8.79. The predicted molar refractivity (Wildman–Crippen MR) is 68.4 cm³/mol. The van der Waals surface area contributed by atoms with Gasteiger partial charge in [0.25, 0.3) is 5.91 Å². The van der Waals surface area contributed by atoms with Crippen LogP contribution in [0.5, 0.6) is 0 Å². The van der Waals surface area contributed by atoms with Crippen molar-refractivity contribution in [3.05, 3.63) is 42.1 Å². The molecule has 1 amide bonds. The third-order valence-electron chi connectivity index (χ3n) is 2.44. The molecular weight excluding hydrogens is 230 g/mol.